The van der Waals surface area contributed by atoms with Crippen molar-refractivity contribution in [3.05, 3.63) is 41.5 Å². The van der Waals surface area contributed by atoms with E-state index in [-0.39, 0.29) is 10.8 Å². The molecule has 2 aliphatic rings. The summed E-state index contributed by atoms with van der Waals surface area (Å²) in [4.78, 5) is 11.2. The molecule has 0 spiro atoms. The van der Waals surface area contributed by atoms with Gasteiger partial charge in [-0.25, -0.2) is 8.42 Å². The molecule has 0 fully saturated rings. The van der Waals surface area contributed by atoms with Gasteiger partial charge in [-0.2, -0.15) is 0 Å². The second kappa shape index (κ2) is 6.21. The number of benzene rings is 2. The van der Waals surface area contributed by atoms with Crippen LogP contribution in [0.4, 0.5) is 11.4 Å². The molecule has 2 heterocycles. The fourth-order valence-electron chi connectivity index (χ4n) is 3.21. The minimum absolute atomic E-state index is 0.106. The van der Waals surface area contributed by atoms with E-state index in [2.05, 4.69) is 10.0 Å². The predicted molar refractivity (Wildman–Crippen MR) is 96.4 cm³/mol. The SMILES string of the molecule is CC(=O)Nc1ccc(S(=O)(=O)Nc2c3c(cc4c2OCC4)OCC3)cc1. The Kier molecular flexibility index (Phi) is 3.99. The lowest BCUT2D eigenvalue weighted by atomic mass is 10.0. The molecule has 0 bridgehead atoms. The molecule has 2 aromatic rings. The summed E-state index contributed by atoms with van der Waals surface area (Å²) in [6.45, 7) is 2.45. The molecule has 0 radical (unpaired) electrons. The fraction of sp³-hybridized carbons (Fsp3) is 0.278. The number of amides is 1. The van der Waals surface area contributed by atoms with Gasteiger partial charge in [-0.15, -0.1) is 0 Å². The summed E-state index contributed by atoms with van der Waals surface area (Å²) < 4.78 is 39.6. The topological polar surface area (TPSA) is 93.7 Å². The smallest absolute Gasteiger partial charge is 0.262 e. The van der Waals surface area contributed by atoms with Crippen molar-refractivity contribution in [3.63, 3.8) is 0 Å². The van der Waals surface area contributed by atoms with Gasteiger partial charge in [-0.3, -0.25) is 9.52 Å². The third-order valence-corrected chi connectivity index (χ3v) is 5.74. The van der Waals surface area contributed by atoms with Crippen LogP contribution in [0, 0.1) is 0 Å². The van der Waals surface area contributed by atoms with Crippen molar-refractivity contribution in [2.24, 2.45) is 0 Å². The zero-order valence-corrected chi connectivity index (χ0v) is 15.0. The fourth-order valence-corrected chi connectivity index (χ4v) is 4.30. The van der Waals surface area contributed by atoms with Gasteiger partial charge in [0.25, 0.3) is 10.0 Å². The number of nitrogens with one attached hydrogen (secondary N) is 2. The zero-order valence-electron chi connectivity index (χ0n) is 14.2. The number of ether oxygens (including phenoxy) is 2. The van der Waals surface area contributed by atoms with E-state index in [0.717, 1.165) is 17.5 Å². The third kappa shape index (κ3) is 2.96. The molecular weight excluding hydrogens is 356 g/mol. The van der Waals surface area contributed by atoms with E-state index in [0.29, 0.717) is 42.5 Å². The summed E-state index contributed by atoms with van der Waals surface area (Å²) >= 11 is 0. The van der Waals surface area contributed by atoms with Crippen molar-refractivity contribution < 1.29 is 22.7 Å². The molecular formula is C18H18N2O5S. The van der Waals surface area contributed by atoms with Crippen LogP contribution in [0.1, 0.15) is 18.1 Å². The summed E-state index contributed by atoms with van der Waals surface area (Å²) in [5.41, 5.74) is 2.78. The molecule has 4 rings (SSSR count). The largest absolute Gasteiger partial charge is 0.493 e. The highest BCUT2D eigenvalue weighted by molar-refractivity contribution is 7.92. The Morgan fingerprint density at radius 3 is 2.54 bits per heavy atom. The Hall–Kier alpha value is -2.74. The standard InChI is InChI=1S/C18H18N2O5S/c1-11(21)19-13-2-4-14(5-3-13)26(22,23)20-17-15-7-9-24-16(15)10-12-6-8-25-18(12)17/h2-5,10,20H,6-9H2,1H3,(H,19,21). The second-order valence-electron chi connectivity index (χ2n) is 6.22. The maximum absolute atomic E-state index is 12.8. The van der Waals surface area contributed by atoms with Gasteiger partial charge in [-0.05, 0) is 30.3 Å². The summed E-state index contributed by atoms with van der Waals surface area (Å²) in [7, 11) is -3.80. The minimum Gasteiger partial charge on any atom is -0.493 e. The second-order valence-corrected chi connectivity index (χ2v) is 7.91. The van der Waals surface area contributed by atoms with Crippen LogP contribution in [-0.2, 0) is 27.7 Å². The lowest BCUT2D eigenvalue weighted by Crippen LogP contribution is -2.15. The number of anilines is 2. The Bertz CT molecular complexity index is 951. The van der Waals surface area contributed by atoms with Crippen molar-refractivity contribution in [2.45, 2.75) is 24.7 Å². The number of hydrogen-bond donors (Lipinski definition) is 2. The van der Waals surface area contributed by atoms with E-state index in [1.165, 1.54) is 19.1 Å². The summed E-state index contributed by atoms with van der Waals surface area (Å²) in [6.07, 6.45) is 1.36. The van der Waals surface area contributed by atoms with Crippen LogP contribution in [0.25, 0.3) is 0 Å². The molecule has 0 aliphatic carbocycles. The molecule has 0 saturated carbocycles. The molecule has 2 aliphatic heterocycles. The summed E-state index contributed by atoms with van der Waals surface area (Å²) in [5, 5.41) is 2.61. The van der Waals surface area contributed by atoms with Gasteiger partial charge in [0.05, 0.1) is 23.8 Å². The number of carbonyl (C=O) groups is 1. The molecule has 0 atom stereocenters. The van der Waals surface area contributed by atoms with E-state index < -0.39 is 10.0 Å². The van der Waals surface area contributed by atoms with Crippen LogP contribution < -0.4 is 19.5 Å². The molecule has 8 heteroatoms. The van der Waals surface area contributed by atoms with Crippen molar-refractivity contribution in [2.75, 3.05) is 23.3 Å². The Morgan fingerprint density at radius 1 is 1.08 bits per heavy atom. The number of fused-ring (bicyclic) bond motifs is 2. The summed E-state index contributed by atoms with van der Waals surface area (Å²) in [6, 6.07) is 7.94. The first-order valence-electron chi connectivity index (χ1n) is 8.29. The van der Waals surface area contributed by atoms with E-state index in [1.807, 2.05) is 6.07 Å². The van der Waals surface area contributed by atoms with Crippen LogP contribution in [-0.4, -0.2) is 27.5 Å². The number of hydrogen-bond acceptors (Lipinski definition) is 5. The van der Waals surface area contributed by atoms with Crippen molar-refractivity contribution >= 4 is 27.3 Å². The Balaban J connectivity index is 1.68. The van der Waals surface area contributed by atoms with Gasteiger partial charge in [0.2, 0.25) is 5.91 Å². The molecule has 0 saturated heterocycles. The average Bonchev–Trinajstić information content (AvgIpc) is 3.23. The van der Waals surface area contributed by atoms with E-state index >= 15 is 0 Å². The lowest BCUT2D eigenvalue weighted by Gasteiger charge is -2.15. The first kappa shape index (κ1) is 16.7. The molecule has 0 unspecified atom stereocenters. The predicted octanol–water partition coefficient (Wildman–Crippen LogP) is 2.32. The zero-order chi connectivity index (χ0) is 18.3. The van der Waals surface area contributed by atoms with E-state index in [9.17, 15) is 13.2 Å². The van der Waals surface area contributed by atoms with Gasteiger partial charge in [0.15, 0.2) is 0 Å². The number of carbonyl (C=O) groups excluding carboxylic acids is 1. The quantitative estimate of drug-likeness (QED) is 0.857. The number of rotatable bonds is 4. The molecule has 26 heavy (non-hydrogen) atoms. The lowest BCUT2D eigenvalue weighted by molar-refractivity contribution is -0.114. The summed E-state index contributed by atoms with van der Waals surface area (Å²) in [5.74, 6) is 1.09. The monoisotopic (exact) mass is 374 g/mol. The molecule has 136 valence electrons. The van der Waals surface area contributed by atoms with Gasteiger partial charge < -0.3 is 14.8 Å². The van der Waals surface area contributed by atoms with Gasteiger partial charge in [-0.1, -0.05) is 0 Å². The highest BCUT2D eigenvalue weighted by Gasteiger charge is 2.29. The molecule has 7 nitrogen and oxygen atoms in total. The van der Waals surface area contributed by atoms with Crippen LogP contribution in [0.3, 0.4) is 0 Å². The van der Waals surface area contributed by atoms with Gasteiger partial charge >= 0.3 is 0 Å². The van der Waals surface area contributed by atoms with Crippen LogP contribution in [0.5, 0.6) is 11.5 Å². The van der Waals surface area contributed by atoms with Crippen molar-refractivity contribution in [1.82, 2.24) is 0 Å². The third-order valence-electron chi connectivity index (χ3n) is 4.37. The van der Waals surface area contributed by atoms with Crippen LogP contribution >= 0.6 is 0 Å². The highest BCUT2D eigenvalue weighted by Crippen LogP contribution is 2.45. The van der Waals surface area contributed by atoms with Crippen molar-refractivity contribution in [1.29, 1.82) is 0 Å². The first-order valence-corrected chi connectivity index (χ1v) is 9.77. The molecule has 2 aromatic carbocycles. The minimum atomic E-state index is -3.80. The number of sulfonamides is 1. The van der Waals surface area contributed by atoms with E-state index in [4.69, 9.17) is 9.47 Å². The molecule has 2 N–H and O–H groups in total. The maximum atomic E-state index is 12.8. The highest BCUT2D eigenvalue weighted by atomic mass is 32.2. The van der Waals surface area contributed by atoms with E-state index in [1.54, 1.807) is 12.1 Å². The maximum Gasteiger partial charge on any atom is 0.262 e. The first-order chi connectivity index (χ1) is 12.4. The Morgan fingerprint density at radius 2 is 1.81 bits per heavy atom. The van der Waals surface area contributed by atoms with Crippen molar-refractivity contribution in [3.8, 4) is 11.5 Å². The average molecular weight is 374 g/mol. The molecule has 1 amide bonds. The van der Waals surface area contributed by atoms with Gasteiger partial charge in [0, 0.05) is 36.6 Å². The molecule has 0 aromatic heterocycles. The van der Waals surface area contributed by atoms with Crippen LogP contribution in [0.15, 0.2) is 35.2 Å². The Labute approximate surface area is 151 Å². The van der Waals surface area contributed by atoms with Gasteiger partial charge in [0.1, 0.15) is 11.5 Å². The normalized spacial score (nSPS) is 14.8. The van der Waals surface area contributed by atoms with Crippen LogP contribution in [0.2, 0.25) is 0 Å².